The minimum atomic E-state index is -0.843. The van der Waals surface area contributed by atoms with Crippen molar-refractivity contribution in [1.82, 2.24) is 0 Å². The number of carboxylic acids is 1. The number of aliphatic hydroxyl groups is 1. The largest absolute Gasteiger partial charge is 0.481 e. The average molecular weight is 204 g/mol. The lowest BCUT2D eigenvalue weighted by Gasteiger charge is -2.05. The summed E-state index contributed by atoms with van der Waals surface area (Å²) in [5, 5.41) is 17.3. The van der Waals surface area contributed by atoms with Crippen molar-refractivity contribution in [3.05, 3.63) is 35.4 Å². The van der Waals surface area contributed by atoms with Crippen molar-refractivity contribution in [3.63, 3.8) is 0 Å². The summed E-state index contributed by atoms with van der Waals surface area (Å²) in [5.74, 6) is 3.91. The summed E-state index contributed by atoms with van der Waals surface area (Å²) in [6.45, 7) is 1.46. The van der Waals surface area contributed by atoms with Gasteiger partial charge in [-0.1, -0.05) is 24.0 Å². The molecule has 2 N–H and O–H groups in total. The van der Waals surface area contributed by atoms with Crippen LogP contribution in [-0.4, -0.2) is 22.8 Å². The molecule has 0 amide bonds. The van der Waals surface area contributed by atoms with Gasteiger partial charge in [-0.15, -0.1) is 0 Å². The van der Waals surface area contributed by atoms with Gasteiger partial charge in [0.2, 0.25) is 0 Å². The lowest BCUT2D eigenvalue weighted by atomic mass is 10.0. The third kappa shape index (κ3) is 3.12. The number of benzene rings is 1. The maximum atomic E-state index is 10.7. The van der Waals surface area contributed by atoms with Crippen LogP contribution in [0.25, 0.3) is 0 Å². The maximum absolute atomic E-state index is 10.7. The van der Waals surface area contributed by atoms with E-state index in [0.717, 1.165) is 11.1 Å². The number of hydrogen-bond acceptors (Lipinski definition) is 2. The highest BCUT2D eigenvalue weighted by Gasteiger charge is 2.12. The number of aliphatic carboxylic acids is 1. The van der Waals surface area contributed by atoms with E-state index in [-0.39, 0.29) is 6.61 Å². The van der Waals surface area contributed by atoms with Crippen LogP contribution in [0, 0.1) is 11.8 Å². The van der Waals surface area contributed by atoms with Crippen molar-refractivity contribution in [2.24, 2.45) is 0 Å². The Balaban J connectivity index is 2.85. The fourth-order valence-corrected chi connectivity index (χ4v) is 1.14. The molecule has 0 saturated heterocycles. The molecule has 0 heterocycles. The standard InChI is InChI=1S/C12H12O3/c1-9(12(14)15)11-6-4-10(5-7-11)3-2-8-13/h4-7,9,13H,8H2,1H3,(H,14,15). The molecule has 0 saturated carbocycles. The van der Waals surface area contributed by atoms with Crippen LogP contribution < -0.4 is 0 Å². The summed E-state index contributed by atoms with van der Waals surface area (Å²) in [6, 6.07) is 6.97. The number of rotatable bonds is 2. The first-order valence-corrected chi connectivity index (χ1v) is 4.57. The first-order chi connectivity index (χ1) is 7.15. The first-order valence-electron chi connectivity index (χ1n) is 4.57. The Kier molecular flexibility index (Phi) is 3.90. The molecular formula is C12H12O3. The van der Waals surface area contributed by atoms with Crippen LogP contribution in [0.3, 0.4) is 0 Å². The quantitative estimate of drug-likeness (QED) is 0.712. The zero-order chi connectivity index (χ0) is 11.3. The van der Waals surface area contributed by atoms with E-state index in [9.17, 15) is 4.79 Å². The van der Waals surface area contributed by atoms with E-state index in [0.29, 0.717) is 0 Å². The molecule has 1 aromatic rings. The van der Waals surface area contributed by atoms with Gasteiger partial charge in [-0.2, -0.15) is 0 Å². The predicted octanol–water partition coefficient (Wildman–Crippen LogP) is 1.22. The van der Waals surface area contributed by atoms with Crippen LogP contribution in [0.15, 0.2) is 24.3 Å². The molecule has 0 aromatic heterocycles. The van der Waals surface area contributed by atoms with E-state index in [4.69, 9.17) is 10.2 Å². The Morgan fingerprint density at radius 2 is 2.00 bits per heavy atom. The van der Waals surface area contributed by atoms with Gasteiger partial charge in [0.25, 0.3) is 0 Å². The van der Waals surface area contributed by atoms with E-state index in [1.165, 1.54) is 0 Å². The van der Waals surface area contributed by atoms with Gasteiger partial charge in [0, 0.05) is 5.56 Å². The highest BCUT2D eigenvalue weighted by molar-refractivity contribution is 5.75. The number of carboxylic acid groups (broad SMARTS) is 1. The van der Waals surface area contributed by atoms with E-state index in [1.54, 1.807) is 31.2 Å². The fourth-order valence-electron chi connectivity index (χ4n) is 1.14. The monoisotopic (exact) mass is 204 g/mol. The Hall–Kier alpha value is -1.79. The Bertz CT molecular complexity index is 395. The lowest BCUT2D eigenvalue weighted by Crippen LogP contribution is -2.06. The van der Waals surface area contributed by atoms with Crippen LogP contribution in [-0.2, 0) is 4.79 Å². The molecule has 0 bridgehead atoms. The van der Waals surface area contributed by atoms with Crippen molar-refractivity contribution in [1.29, 1.82) is 0 Å². The van der Waals surface area contributed by atoms with Gasteiger partial charge in [-0.3, -0.25) is 4.79 Å². The molecule has 0 fully saturated rings. The number of hydrogen-bond donors (Lipinski definition) is 2. The number of carbonyl (C=O) groups is 1. The normalized spacial score (nSPS) is 11.3. The zero-order valence-electron chi connectivity index (χ0n) is 8.40. The lowest BCUT2D eigenvalue weighted by molar-refractivity contribution is -0.138. The molecule has 15 heavy (non-hydrogen) atoms. The van der Waals surface area contributed by atoms with E-state index >= 15 is 0 Å². The molecule has 78 valence electrons. The van der Waals surface area contributed by atoms with Gasteiger partial charge in [-0.05, 0) is 24.6 Å². The molecule has 1 atom stereocenters. The van der Waals surface area contributed by atoms with E-state index in [1.807, 2.05) is 0 Å². The summed E-state index contributed by atoms with van der Waals surface area (Å²) in [5.41, 5.74) is 1.52. The van der Waals surface area contributed by atoms with Gasteiger partial charge in [0.15, 0.2) is 0 Å². The topological polar surface area (TPSA) is 57.5 Å². The van der Waals surface area contributed by atoms with Crippen LogP contribution >= 0.6 is 0 Å². The van der Waals surface area contributed by atoms with Crippen LogP contribution in [0.2, 0.25) is 0 Å². The second kappa shape index (κ2) is 5.18. The van der Waals surface area contributed by atoms with Gasteiger partial charge in [-0.25, -0.2) is 0 Å². The van der Waals surface area contributed by atoms with E-state index < -0.39 is 11.9 Å². The smallest absolute Gasteiger partial charge is 0.310 e. The molecule has 0 aliphatic carbocycles. The molecule has 3 heteroatoms. The summed E-state index contributed by atoms with van der Waals surface area (Å²) in [7, 11) is 0. The molecule has 0 aliphatic heterocycles. The number of aliphatic hydroxyl groups excluding tert-OH is 1. The van der Waals surface area contributed by atoms with Crippen molar-refractivity contribution in [2.45, 2.75) is 12.8 Å². The molecule has 1 aromatic carbocycles. The average Bonchev–Trinajstić information content (AvgIpc) is 2.26. The van der Waals surface area contributed by atoms with E-state index in [2.05, 4.69) is 11.8 Å². The SMILES string of the molecule is CC(C(=O)O)c1ccc(C#CCO)cc1. The van der Waals surface area contributed by atoms with Crippen molar-refractivity contribution in [2.75, 3.05) is 6.61 Å². The van der Waals surface area contributed by atoms with Gasteiger partial charge >= 0.3 is 5.97 Å². The van der Waals surface area contributed by atoms with Crippen LogP contribution in [0.5, 0.6) is 0 Å². The Labute approximate surface area is 88.4 Å². The molecule has 1 rings (SSSR count). The van der Waals surface area contributed by atoms with Crippen molar-refractivity contribution >= 4 is 5.97 Å². The Morgan fingerprint density at radius 3 is 2.47 bits per heavy atom. The van der Waals surface area contributed by atoms with Crippen molar-refractivity contribution < 1.29 is 15.0 Å². The maximum Gasteiger partial charge on any atom is 0.310 e. The summed E-state index contributed by atoms with van der Waals surface area (Å²) in [4.78, 5) is 10.7. The first kappa shape index (κ1) is 11.3. The predicted molar refractivity (Wildman–Crippen MR) is 56.5 cm³/mol. The molecular weight excluding hydrogens is 192 g/mol. The fraction of sp³-hybridized carbons (Fsp3) is 0.250. The minimum Gasteiger partial charge on any atom is -0.481 e. The van der Waals surface area contributed by atoms with Gasteiger partial charge < -0.3 is 10.2 Å². The summed E-state index contributed by atoms with van der Waals surface area (Å²) >= 11 is 0. The third-order valence-electron chi connectivity index (χ3n) is 2.09. The highest BCUT2D eigenvalue weighted by Crippen LogP contribution is 2.15. The van der Waals surface area contributed by atoms with Gasteiger partial charge in [0.05, 0.1) is 5.92 Å². The van der Waals surface area contributed by atoms with Crippen LogP contribution in [0.1, 0.15) is 24.0 Å². The third-order valence-corrected chi connectivity index (χ3v) is 2.09. The van der Waals surface area contributed by atoms with Crippen molar-refractivity contribution in [3.8, 4) is 11.8 Å². The summed E-state index contributed by atoms with van der Waals surface area (Å²) in [6.07, 6.45) is 0. The van der Waals surface area contributed by atoms with Crippen LogP contribution in [0.4, 0.5) is 0 Å². The highest BCUT2D eigenvalue weighted by atomic mass is 16.4. The van der Waals surface area contributed by atoms with Gasteiger partial charge in [0.1, 0.15) is 6.61 Å². The molecule has 0 aliphatic rings. The molecule has 0 spiro atoms. The molecule has 0 radical (unpaired) electrons. The molecule has 3 nitrogen and oxygen atoms in total. The zero-order valence-corrected chi connectivity index (χ0v) is 8.40. The second-order valence-corrected chi connectivity index (χ2v) is 3.14. The molecule has 1 unspecified atom stereocenters. The minimum absolute atomic E-state index is 0.173. The second-order valence-electron chi connectivity index (χ2n) is 3.14. The summed E-state index contributed by atoms with van der Waals surface area (Å²) < 4.78 is 0. The Morgan fingerprint density at radius 1 is 1.40 bits per heavy atom.